The van der Waals surface area contributed by atoms with Crippen LogP contribution in [0, 0.1) is 0 Å². The molecule has 3 heteroatoms. The van der Waals surface area contributed by atoms with Crippen molar-refractivity contribution in [3.05, 3.63) is 52.0 Å². The fourth-order valence-electron chi connectivity index (χ4n) is 2.35. The van der Waals surface area contributed by atoms with Crippen LogP contribution in [-0.2, 0) is 13.0 Å². The van der Waals surface area contributed by atoms with Crippen molar-refractivity contribution in [2.45, 2.75) is 13.0 Å². The van der Waals surface area contributed by atoms with E-state index in [0.717, 1.165) is 28.8 Å². The molecule has 0 spiro atoms. The van der Waals surface area contributed by atoms with Crippen molar-refractivity contribution < 1.29 is 4.74 Å². The molecule has 0 atom stereocenters. The van der Waals surface area contributed by atoms with Gasteiger partial charge in [-0.15, -0.1) is 0 Å². The van der Waals surface area contributed by atoms with Crippen molar-refractivity contribution in [1.29, 1.82) is 0 Å². The molecule has 18 heavy (non-hydrogen) atoms. The lowest BCUT2D eigenvalue weighted by Crippen LogP contribution is -2.00. The van der Waals surface area contributed by atoms with Gasteiger partial charge in [-0.25, -0.2) is 0 Å². The first-order valence-corrected chi connectivity index (χ1v) is 6.82. The van der Waals surface area contributed by atoms with Crippen LogP contribution < -0.4 is 10.5 Å². The molecule has 92 valence electrons. The molecule has 1 aliphatic rings. The molecule has 0 aromatic heterocycles. The minimum Gasteiger partial charge on any atom is -0.493 e. The number of rotatable bonds is 2. The van der Waals surface area contributed by atoms with E-state index in [2.05, 4.69) is 52.3 Å². The van der Waals surface area contributed by atoms with E-state index in [1.165, 1.54) is 16.7 Å². The number of fused-ring (bicyclic) bond motifs is 1. The fourth-order valence-corrected chi connectivity index (χ4v) is 2.61. The van der Waals surface area contributed by atoms with E-state index < -0.39 is 0 Å². The van der Waals surface area contributed by atoms with Crippen molar-refractivity contribution in [3.63, 3.8) is 0 Å². The second kappa shape index (κ2) is 4.75. The van der Waals surface area contributed by atoms with Gasteiger partial charge in [-0.1, -0.05) is 28.1 Å². The molecule has 2 nitrogen and oxygen atoms in total. The van der Waals surface area contributed by atoms with E-state index in [1.54, 1.807) is 0 Å². The minimum absolute atomic E-state index is 0.521. The molecule has 0 saturated carbocycles. The van der Waals surface area contributed by atoms with Crippen molar-refractivity contribution >= 4 is 15.9 Å². The van der Waals surface area contributed by atoms with Gasteiger partial charge in [-0.05, 0) is 41.0 Å². The lowest BCUT2D eigenvalue weighted by Gasteiger charge is -2.10. The molecule has 0 saturated heterocycles. The first-order valence-electron chi connectivity index (χ1n) is 6.02. The molecule has 2 aromatic rings. The molecule has 3 rings (SSSR count). The van der Waals surface area contributed by atoms with Crippen LogP contribution in [0.15, 0.2) is 40.9 Å². The number of hydrogen-bond donors (Lipinski definition) is 1. The van der Waals surface area contributed by atoms with Gasteiger partial charge in [0.15, 0.2) is 0 Å². The van der Waals surface area contributed by atoms with E-state index >= 15 is 0 Å². The van der Waals surface area contributed by atoms with Crippen LogP contribution in [0.5, 0.6) is 5.75 Å². The van der Waals surface area contributed by atoms with Gasteiger partial charge in [-0.3, -0.25) is 0 Å². The van der Waals surface area contributed by atoms with Crippen LogP contribution in [0.3, 0.4) is 0 Å². The van der Waals surface area contributed by atoms with Gasteiger partial charge in [0.1, 0.15) is 5.75 Å². The SMILES string of the molecule is NCc1cc(-c2ccc(Br)cc2)cc2c1OCC2. The number of benzene rings is 2. The van der Waals surface area contributed by atoms with Gasteiger partial charge >= 0.3 is 0 Å². The molecular formula is C15H14BrNO. The van der Waals surface area contributed by atoms with Gasteiger partial charge in [-0.2, -0.15) is 0 Å². The largest absolute Gasteiger partial charge is 0.493 e. The predicted molar refractivity (Wildman–Crippen MR) is 76.7 cm³/mol. The third-order valence-electron chi connectivity index (χ3n) is 3.26. The van der Waals surface area contributed by atoms with Crippen LogP contribution in [0.1, 0.15) is 11.1 Å². The second-order valence-corrected chi connectivity index (χ2v) is 5.35. The maximum atomic E-state index is 5.81. The van der Waals surface area contributed by atoms with Gasteiger partial charge in [0.25, 0.3) is 0 Å². The molecule has 2 N–H and O–H groups in total. The number of ether oxygens (including phenoxy) is 1. The highest BCUT2D eigenvalue weighted by Crippen LogP contribution is 2.34. The summed E-state index contributed by atoms with van der Waals surface area (Å²) in [4.78, 5) is 0. The van der Waals surface area contributed by atoms with Crippen LogP contribution in [0.2, 0.25) is 0 Å². The molecule has 0 bridgehead atoms. The monoisotopic (exact) mass is 303 g/mol. The first-order chi connectivity index (χ1) is 8.78. The number of nitrogens with two attached hydrogens (primary N) is 1. The average Bonchev–Trinajstić information content (AvgIpc) is 2.86. The Labute approximate surface area is 115 Å². The third-order valence-corrected chi connectivity index (χ3v) is 3.79. The molecule has 1 aliphatic heterocycles. The Morgan fingerprint density at radius 3 is 2.61 bits per heavy atom. The second-order valence-electron chi connectivity index (χ2n) is 4.43. The zero-order valence-corrected chi connectivity index (χ0v) is 11.5. The zero-order valence-electron chi connectivity index (χ0n) is 9.95. The summed E-state index contributed by atoms with van der Waals surface area (Å²) < 4.78 is 6.74. The molecule has 0 unspecified atom stereocenters. The van der Waals surface area contributed by atoms with Gasteiger partial charge < -0.3 is 10.5 Å². The first kappa shape index (κ1) is 11.8. The minimum atomic E-state index is 0.521. The highest BCUT2D eigenvalue weighted by molar-refractivity contribution is 9.10. The van der Waals surface area contributed by atoms with Crippen molar-refractivity contribution in [2.75, 3.05) is 6.61 Å². The lowest BCUT2D eigenvalue weighted by atomic mass is 9.98. The molecule has 0 fully saturated rings. The molecule has 0 amide bonds. The molecular weight excluding hydrogens is 290 g/mol. The average molecular weight is 304 g/mol. The molecule has 1 heterocycles. The van der Waals surface area contributed by atoms with E-state index in [9.17, 15) is 0 Å². The standard InChI is InChI=1S/C15H14BrNO/c16-14-3-1-10(2-4-14)12-7-11-5-6-18-15(11)13(8-12)9-17/h1-4,7-8H,5-6,9,17H2. The van der Waals surface area contributed by atoms with Gasteiger partial charge in [0, 0.05) is 23.0 Å². The van der Waals surface area contributed by atoms with Gasteiger partial charge in [0.2, 0.25) is 0 Å². The lowest BCUT2D eigenvalue weighted by molar-refractivity contribution is 0.353. The Balaban J connectivity index is 2.10. The topological polar surface area (TPSA) is 35.2 Å². The Hall–Kier alpha value is -1.32. The Bertz CT molecular complexity index is 578. The highest BCUT2D eigenvalue weighted by Gasteiger charge is 2.17. The van der Waals surface area contributed by atoms with Crippen LogP contribution in [0.25, 0.3) is 11.1 Å². The van der Waals surface area contributed by atoms with Gasteiger partial charge in [0.05, 0.1) is 6.61 Å². The van der Waals surface area contributed by atoms with Crippen LogP contribution in [-0.4, -0.2) is 6.61 Å². The summed E-state index contributed by atoms with van der Waals surface area (Å²) in [5.41, 5.74) is 10.6. The summed E-state index contributed by atoms with van der Waals surface area (Å²) in [6, 6.07) is 12.7. The maximum absolute atomic E-state index is 5.81. The number of halogens is 1. The maximum Gasteiger partial charge on any atom is 0.127 e. The quantitative estimate of drug-likeness (QED) is 0.921. The summed E-state index contributed by atoms with van der Waals surface area (Å²) in [5.74, 6) is 0.998. The van der Waals surface area contributed by atoms with E-state index in [1.807, 2.05) is 0 Å². The smallest absolute Gasteiger partial charge is 0.127 e. The normalized spacial score (nSPS) is 13.2. The van der Waals surface area contributed by atoms with Crippen LogP contribution in [0.4, 0.5) is 0 Å². The van der Waals surface area contributed by atoms with Crippen molar-refractivity contribution in [2.24, 2.45) is 5.73 Å². The van der Waals surface area contributed by atoms with Crippen LogP contribution >= 0.6 is 15.9 Å². The molecule has 0 aliphatic carbocycles. The third kappa shape index (κ3) is 2.04. The number of hydrogen-bond acceptors (Lipinski definition) is 2. The zero-order chi connectivity index (χ0) is 12.5. The summed E-state index contributed by atoms with van der Waals surface area (Å²) in [5, 5.41) is 0. The summed E-state index contributed by atoms with van der Waals surface area (Å²) >= 11 is 3.46. The van der Waals surface area contributed by atoms with Crippen molar-refractivity contribution in [3.8, 4) is 16.9 Å². The summed E-state index contributed by atoms with van der Waals surface area (Å²) in [6.45, 7) is 1.29. The summed E-state index contributed by atoms with van der Waals surface area (Å²) in [7, 11) is 0. The highest BCUT2D eigenvalue weighted by atomic mass is 79.9. The fraction of sp³-hybridized carbons (Fsp3) is 0.200. The Kier molecular flexibility index (Phi) is 3.10. The Morgan fingerprint density at radius 2 is 1.89 bits per heavy atom. The Morgan fingerprint density at radius 1 is 1.11 bits per heavy atom. The molecule has 0 radical (unpaired) electrons. The summed E-state index contributed by atoms with van der Waals surface area (Å²) in [6.07, 6.45) is 0.979. The van der Waals surface area contributed by atoms with E-state index in [4.69, 9.17) is 10.5 Å². The van der Waals surface area contributed by atoms with E-state index in [-0.39, 0.29) is 0 Å². The predicted octanol–water partition coefficient (Wildman–Crippen LogP) is 3.51. The van der Waals surface area contributed by atoms with Crippen molar-refractivity contribution in [1.82, 2.24) is 0 Å². The van der Waals surface area contributed by atoms with E-state index in [0.29, 0.717) is 6.54 Å². The molecule has 2 aromatic carbocycles.